The number of halogens is 2. The second-order valence-corrected chi connectivity index (χ2v) is 4.62. The van der Waals surface area contributed by atoms with Crippen molar-refractivity contribution in [2.45, 2.75) is 51.0 Å². The minimum absolute atomic E-state index is 0.0769. The van der Waals surface area contributed by atoms with E-state index < -0.39 is 17.9 Å². The van der Waals surface area contributed by atoms with Crippen LogP contribution in [0.15, 0.2) is 5.16 Å². The van der Waals surface area contributed by atoms with Gasteiger partial charge in [-0.25, -0.2) is 8.78 Å². The van der Waals surface area contributed by atoms with Crippen LogP contribution in [0.2, 0.25) is 0 Å². The van der Waals surface area contributed by atoms with Crippen LogP contribution in [-0.4, -0.2) is 28.9 Å². The molecule has 0 aromatic carbocycles. The number of carbonyl (C=O) groups excluding carboxylic acids is 1. The fraction of sp³-hybridized carbons (Fsp3) is 0.818. The molecule has 1 fully saturated rings. The normalized spacial score (nSPS) is 22.5. The Balaban J connectivity index is 2.51. The van der Waals surface area contributed by atoms with Gasteiger partial charge in [0.05, 0.1) is 6.04 Å². The highest BCUT2D eigenvalue weighted by Gasteiger charge is 2.37. The Bertz CT molecular complexity index is 324. The zero-order valence-electron chi connectivity index (χ0n) is 10.3. The van der Waals surface area contributed by atoms with Crippen LogP contribution in [0.4, 0.5) is 8.78 Å². The summed E-state index contributed by atoms with van der Waals surface area (Å²) in [4.78, 5) is 11.9. The fourth-order valence-electron chi connectivity index (χ4n) is 2.05. The molecule has 1 amide bonds. The molecule has 1 atom stereocenters. The number of rotatable bonds is 4. The van der Waals surface area contributed by atoms with E-state index in [0.717, 1.165) is 0 Å². The summed E-state index contributed by atoms with van der Waals surface area (Å²) >= 11 is 0. The summed E-state index contributed by atoms with van der Waals surface area (Å²) in [6.45, 7) is 1.78. The van der Waals surface area contributed by atoms with Crippen molar-refractivity contribution in [3.63, 3.8) is 0 Å². The SMILES string of the molecule is CCC(NC(=O)C1CCC(F)(F)CC1)C(N)=NO. The fourth-order valence-corrected chi connectivity index (χ4v) is 2.05. The number of amides is 1. The number of hydrogen-bond donors (Lipinski definition) is 3. The third-order valence-electron chi connectivity index (χ3n) is 3.29. The molecule has 0 spiro atoms. The smallest absolute Gasteiger partial charge is 0.248 e. The second-order valence-electron chi connectivity index (χ2n) is 4.62. The third-order valence-corrected chi connectivity index (χ3v) is 3.29. The van der Waals surface area contributed by atoms with Crippen molar-refractivity contribution in [1.29, 1.82) is 0 Å². The number of carbonyl (C=O) groups is 1. The number of nitrogens with zero attached hydrogens (tertiary/aromatic N) is 1. The Morgan fingerprint density at radius 3 is 2.56 bits per heavy atom. The maximum Gasteiger partial charge on any atom is 0.248 e. The minimum atomic E-state index is -2.65. The van der Waals surface area contributed by atoms with E-state index >= 15 is 0 Å². The first-order chi connectivity index (χ1) is 8.39. The Labute approximate surface area is 104 Å². The van der Waals surface area contributed by atoms with Crippen molar-refractivity contribution >= 4 is 11.7 Å². The Kier molecular flexibility index (Phi) is 4.86. The third kappa shape index (κ3) is 3.82. The van der Waals surface area contributed by atoms with Gasteiger partial charge in [0, 0.05) is 18.8 Å². The molecule has 1 aliphatic carbocycles. The molecule has 0 radical (unpaired) electrons. The van der Waals surface area contributed by atoms with Gasteiger partial charge in [-0.15, -0.1) is 0 Å². The molecule has 4 N–H and O–H groups in total. The van der Waals surface area contributed by atoms with Crippen molar-refractivity contribution in [3.8, 4) is 0 Å². The molecule has 1 saturated carbocycles. The van der Waals surface area contributed by atoms with E-state index in [1.165, 1.54) is 0 Å². The van der Waals surface area contributed by atoms with E-state index in [4.69, 9.17) is 10.9 Å². The first-order valence-electron chi connectivity index (χ1n) is 6.05. The van der Waals surface area contributed by atoms with E-state index in [1.54, 1.807) is 6.92 Å². The van der Waals surface area contributed by atoms with E-state index in [9.17, 15) is 13.6 Å². The first kappa shape index (κ1) is 14.7. The minimum Gasteiger partial charge on any atom is -0.409 e. The number of oxime groups is 1. The standard InChI is InChI=1S/C11H19F2N3O2/c1-2-8(9(14)16-18)15-10(17)7-3-5-11(12,13)6-4-7/h7-8,18H,2-6H2,1H3,(H2,14,16)(H,15,17). The maximum absolute atomic E-state index is 12.9. The van der Waals surface area contributed by atoms with Gasteiger partial charge in [-0.05, 0) is 19.3 Å². The van der Waals surface area contributed by atoms with Crippen molar-refractivity contribution in [3.05, 3.63) is 0 Å². The molecule has 0 bridgehead atoms. The Morgan fingerprint density at radius 1 is 1.56 bits per heavy atom. The second kappa shape index (κ2) is 5.97. The predicted molar refractivity (Wildman–Crippen MR) is 62.5 cm³/mol. The monoisotopic (exact) mass is 263 g/mol. The van der Waals surface area contributed by atoms with E-state index in [0.29, 0.717) is 6.42 Å². The average molecular weight is 263 g/mol. The average Bonchev–Trinajstić information content (AvgIpc) is 2.34. The summed E-state index contributed by atoms with van der Waals surface area (Å²) in [5.41, 5.74) is 5.41. The van der Waals surface area contributed by atoms with Crippen molar-refractivity contribution in [1.82, 2.24) is 5.32 Å². The molecule has 1 unspecified atom stereocenters. The van der Waals surface area contributed by atoms with Gasteiger partial charge >= 0.3 is 0 Å². The van der Waals surface area contributed by atoms with Crippen LogP contribution in [0.25, 0.3) is 0 Å². The van der Waals surface area contributed by atoms with Crippen LogP contribution < -0.4 is 11.1 Å². The predicted octanol–water partition coefficient (Wildman–Crippen LogP) is 1.45. The van der Waals surface area contributed by atoms with Crippen LogP contribution in [0.3, 0.4) is 0 Å². The van der Waals surface area contributed by atoms with E-state index in [1.807, 2.05) is 0 Å². The first-order valence-corrected chi connectivity index (χ1v) is 6.05. The quantitative estimate of drug-likeness (QED) is 0.310. The number of nitrogens with one attached hydrogen (secondary N) is 1. The van der Waals surface area contributed by atoms with Crippen LogP contribution in [0.1, 0.15) is 39.0 Å². The van der Waals surface area contributed by atoms with E-state index in [2.05, 4.69) is 10.5 Å². The lowest BCUT2D eigenvalue weighted by atomic mass is 9.86. The lowest BCUT2D eigenvalue weighted by molar-refractivity contribution is -0.129. The van der Waals surface area contributed by atoms with Gasteiger partial charge in [0.2, 0.25) is 11.8 Å². The summed E-state index contributed by atoms with van der Waals surface area (Å²) in [5.74, 6) is -3.44. The van der Waals surface area contributed by atoms with Crippen LogP contribution in [-0.2, 0) is 4.79 Å². The van der Waals surface area contributed by atoms with Gasteiger partial charge in [0.1, 0.15) is 0 Å². The number of amidine groups is 1. The lowest BCUT2D eigenvalue weighted by Crippen LogP contribution is -2.47. The molecule has 1 aliphatic rings. The number of hydrogen-bond acceptors (Lipinski definition) is 3. The molecular weight excluding hydrogens is 244 g/mol. The van der Waals surface area contributed by atoms with Crippen molar-refractivity contribution < 1.29 is 18.8 Å². The molecule has 0 aromatic heterocycles. The van der Waals surface area contributed by atoms with Gasteiger partial charge in [-0.3, -0.25) is 4.79 Å². The highest BCUT2D eigenvalue weighted by atomic mass is 19.3. The summed E-state index contributed by atoms with van der Waals surface area (Å²) < 4.78 is 25.9. The Hall–Kier alpha value is -1.40. The molecule has 104 valence electrons. The summed E-state index contributed by atoms with van der Waals surface area (Å²) in [6, 6.07) is -0.551. The highest BCUT2D eigenvalue weighted by molar-refractivity contribution is 5.90. The number of alkyl halides is 2. The molecular formula is C11H19F2N3O2. The largest absolute Gasteiger partial charge is 0.409 e. The zero-order chi connectivity index (χ0) is 13.8. The summed E-state index contributed by atoms with van der Waals surface area (Å²) in [5, 5.41) is 14.0. The summed E-state index contributed by atoms with van der Waals surface area (Å²) in [7, 11) is 0. The molecule has 0 aliphatic heterocycles. The van der Waals surface area contributed by atoms with Crippen LogP contribution >= 0.6 is 0 Å². The van der Waals surface area contributed by atoms with Crippen LogP contribution in [0.5, 0.6) is 0 Å². The van der Waals surface area contributed by atoms with Crippen LogP contribution in [0, 0.1) is 5.92 Å². The molecule has 5 nitrogen and oxygen atoms in total. The van der Waals surface area contributed by atoms with Crippen molar-refractivity contribution in [2.24, 2.45) is 16.8 Å². The van der Waals surface area contributed by atoms with E-state index in [-0.39, 0.29) is 37.4 Å². The summed E-state index contributed by atoms with van der Waals surface area (Å²) in [6.07, 6.45) is 0.304. The van der Waals surface area contributed by atoms with Gasteiger partial charge in [-0.2, -0.15) is 0 Å². The maximum atomic E-state index is 12.9. The highest BCUT2D eigenvalue weighted by Crippen LogP contribution is 2.36. The molecule has 18 heavy (non-hydrogen) atoms. The number of nitrogens with two attached hydrogens (primary N) is 1. The molecule has 0 saturated heterocycles. The molecule has 0 heterocycles. The molecule has 1 rings (SSSR count). The van der Waals surface area contributed by atoms with Gasteiger partial charge < -0.3 is 16.3 Å². The Morgan fingerprint density at radius 2 is 2.11 bits per heavy atom. The van der Waals surface area contributed by atoms with Gasteiger partial charge in [0.25, 0.3) is 0 Å². The molecule has 0 aromatic rings. The zero-order valence-corrected chi connectivity index (χ0v) is 10.3. The van der Waals surface area contributed by atoms with Gasteiger partial charge in [-0.1, -0.05) is 12.1 Å². The topological polar surface area (TPSA) is 87.7 Å². The lowest BCUT2D eigenvalue weighted by Gasteiger charge is -2.28. The molecule has 7 heteroatoms. The van der Waals surface area contributed by atoms with Gasteiger partial charge in [0.15, 0.2) is 5.84 Å². The van der Waals surface area contributed by atoms with Crippen molar-refractivity contribution in [2.75, 3.05) is 0 Å².